The summed E-state index contributed by atoms with van der Waals surface area (Å²) in [7, 11) is 2.63. The van der Waals surface area contributed by atoms with Gasteiger partial charge in [0.05, 0.1) is 19.8 Å². The fraction of sp³-hybridized carbons (Fsp3) is 0.346. The third-order valence-corrected chi connectivity index (χ3v) is 7.51. The van der Waals surface area contributed by atoms with Crippen LogP contribution in [0.25, 0.3) is 0 Å². The van der Waals surface area contributed by atoms with Crippen molar-refractivity contribution in [2.24, 2.45) is 5.92 Å². The average molecular weight is 466 g/mol. The molecule has 0 saturated heterocycles. The standard InChI is InChI=1S/C26H27NO5S/c1-5-15-8-10-16(11-9-15)21-20(25(29)31-3)14(2)27-18-13-17(19-7-6-12-33-19)22(26(30)32-4)24(28)23(18)21/h6-12,17,21-22,27H,5,13H2,1-4H3/t17-,21+,22+/m0/s1. The number of allylic oxidation sites excluding steroid dienone is 3. The Morgan fingerprint density at radius 1 is 1.12 bits per heavy atom. The highest BCUT2D eigenvalue weighted by atomic mass is 32.1. The molecule has 0 radical (unpaired) electrons. The molecule has 0 spiro atoms. The van der Waals surface area contributed by atoms with E-state index in [1.165, 1.54) is 25.6 Å². The van der Waals surface area contributed by atoms with Gasteiger partial charge in [-0.2, -0.15) is 0 Å². The van der Waals surface area contributed by atoms with E-state index in [4.69, 9.17) is 9.47 Å². The summed E-state index contributed by atoms with van der Waals surface area (Å²) in [6, 6.07) is 11.7. The first-order valence-corrected chi connectivity index (χ1v) is 11.8. The maximum Gasteiger partial charge on any atom is 0.336 e. The quantitative estimate of drug-likeness (QED) is 0.525. The van der Waals surface area contributed by atoms with Crippen LogP contribution in [0, 0.1) is 5.92 Å². The summed E-state index contributed by atoms with van der Waals surface area (Å²) in [5, 5.41) is 5.23. The topological polar surface area (TPSA) is 81.7 Å². The molecular weight excluding hydrogens is 438 g/mol. The van der Waals surface area contributed by atoms with E-state index in [0.717, 1.165) is 28.1 Å². The predicted molar refractivity (Wildman–Crippen MR) is 126 cm³/mol. The molecule has 1 N–H and O–H groups in total. The molecule has 2 heterocycles. The molecule has 2 aliphatic rings. The summed E-state index contributed by atoms with van der Waals surface area (Å²) in [6.45, 7) is 3.89. The van der Waals surface area contributed by atoms with Crippen molar-refractivity contribution in [2.75, 3.05) is 14.2 Å². The van der Waals surface area contributed by atoms with Crippen molar-refractivity contribution in [3.8, 4) is 0 Å². The van der Waals surface area contributed by atoms with E-state index in [-0.39, 0.29) is 11.7 Å². The van der Waals surface area contributed by atoms with Crippen LogP contribution in [0.1, 0.15) is 48.1 Å². The number of Topliss-reactive ketones (excluding diaryl/α,β-unsaturated/α-hetero) is 1. The zero-order valence-corrected chi connectivity index (χ0v) is 20.0. The number of hydrogen-bond donors (Lipinski definition) is 1. The van der Waals surface area contributed by atoms with Gasteiger partial charge in [-0.15, -0.1) is 11.3 Å². The number of carbonyl (C=O) groups is 3. The number of thiophene rings is 1. The summed E-state index contributed by atoms with van der Waals surface area (Å²) >= 11 is 1.52. The van der Waals surface area contributed by atoms with Crippen LogP contribution in [0.2, 0.25) is 0 Å². The van der Waals surface area contributed by atoms with E-state index in [1.807, 2.05) is 48.7 Å². The van der Waals surface area contributed by atoms with E-state index in [2.05, 4.69) is 12.2 Å². The van der Waals surface area contributed by atoms with E-state index in [0.29, 0.717) is 23.3 Å². The van der Waals surface area contributed by atoms with Crippen molar-refractivity contribution in [2.45, 2.75) is 38.5 Å². The second-order valence-corrected chi connectivity index (χ2v) is 9.25. The van der Waals surface area contributed by atoms with Crippen LogP contribution in [0.5, 0.6) is 0 Å². The Bertz CT molecular complexity index is 1140. The third-order valence-electron chi connectivity index (χ3n) is 6.51. The Labute approximate surface area is 197 Å². The number of rotatable bonds is 5. The zero-order chi connectivity index (χ0) is 23.7. The SMILES string of the molecule is CCc1ccc([C@@H]2C(C(=O)OC)=C(C)NC3=C2C(=O)[C@H](C(=O)OC)[C@H](c2cccs2)C3)cc1. The monoisotopic (exact) mass is 465 g/mol. The first kappa shape index (κ1) is 23.0. The van der Waals surface area contributed by atoms with Gasteiger partial charge >= 0.3 is 11.9 Å². The zero-order valence-electron chi connectivity index (χ0n) is 19.1. The molecule has 33 heavy (non-hydrogen) atoms. The number of dihydropyridines is 1. The molecule has 172 valence electrons. The minimum Gasteiger partial charge on any atom is -0.468 e. The van der Waals surface area contributed by atoms with Crippen LogP contribution >= 0.6 is 11.3 Å². The molecule has 1 aliphatic carbocycles. The van der Waals surface area contributed by atoms with Gasteiger partial charge in [-0.25, -0.2) is 4.79 Å². The average Bonchev–Trinajstić information content (AvgIpc) is 3.37. The maximum atomic E-state index is 14.0. The van der Waals surface area contributed by atoms with Gasteiger partial charge in [0.2, 0.25) is 0 Å². The van der Waals surface area contributed by atoms with E-state index in [9.17, 15) is 14.4 Å². The molecule has 0 bridgehead atoms. The number of ketones is 1. The summed E-state index contributed by atoms with van der Waals surface area (Å²) in [5.74, 6) is -3.29. The molecule has 4 rings (SSSR count). The molecule has 6 nitrogen and oxygen atoms in total. The summed E-state index contributed by atoms with van der Waals surface area (Å²) in [4.78, 5) is 40.6. The van der Waals surface area contributed by atoms with Gasteiger partial charge < -0.3 is 14.8 Å². The summed E-state index contributed by atoms with van der Waals surface area (Å²) in [5.41, 5.74) is 4.18. The van der Waals surface area contributed by atoms with Crippen LogP contribution in [0.4, 0.5) is 0 Å². The van der Waals surface area contributed by atoms with Crippen LogP contribution in [-0.2, 0) is 30.3 Å². The lowest BCUT2D eigenvalue weighted by molar-refractivity contribution is -0.149. The summed E-state index contributed by atoms with van der Waals surface area (Å²) < 4.78 is 10.1. The van der Waals surface area contributed by atoms with Gasteiger partial charge in [0, 0.05) is 33.7 Å². The lowest BCUT2D eigenvalue weighted by atomic mass is 9.68. The Balaban J connectivity index is 1.89. The lowest BCUT2D eigenvalue weighted by Crippen LogP contribution is -2.43. The number of aryl methyl sites for hydroxylation is 1. The predicted octanol–water partition coefficient (Wildman–Crippen LogP) is 4.24. The number of ether oxygens (including phenoxy) is 2. The second kappa shape index (κ2) is 9.35. The molecule has 0 saturated carbocycles. The second-order valence-electron chi connectivity index (χ2n) is 8.27. The Morgan fingerprint density at radius 2 is 1.85 bits per heavy atom. The highest BCUT2D eigenvalue weighted by Gasteiger charge is 2.49. The molecule has 1 aromatic carbocycles. The number of methoxy groups -OCH3 is 2. The van der Waals surface area contributed by atoms with Crippen molar-refractivity contribution in [3.05, 3.63) is 80.3 Å². The van der Waals surface area contributed by atoms with Gasteiger partial charge in [-0.05, 0) is 42.3 Å². The molecule has 1 aliphatic heterocycles. The molecule has 2 aromatic rings. The highest BCUT2D eigenvalue weighted by molar-refractivity contribution is 7.10. The lowest BCUT2D eigenvalue weighted by Gasteiger charge is -2.39. The van der Waals surface area contributed by atoms with Crippen LogP contribution in [-0.4, -0.2) is 31.9 Å². The fourth-order valence-electron chi connectivity index (χ4n) is 4.86. The fourth-order valence-corrected chi connectivity index (χ4v) is 5.73. The van der Waals surface area contributed by atoms with Crippen LogP contribution < -0.4 is 5.32 Å². The molecule has 1 aromatic heterocycles. The first-order chi connectivity index (χ1) is 15.9. The smallest absolute Gasteiger partial charge is 0.336 e. The minimum atomic E-state index is -0.969. The largest absolute Gasteiger partial charge is 0.468 e. The van der Waals surface area contributed by atoms with Crippen molar-refractivity contribution < 1.29 is 23.9 Å². The van der Waals surface area contributed by atoms with Gasteiger partial charge in [-0.1, -0.05) is 37.3 Å². The van der Waals surface area contributed by atoms with Gasteiger partial charge in [-0.3, -0.25) is 9.59 Å². The van der Waals surface area contributed by atoms with Crippen molar-refractivity contribution in [3.63, 3.8) is 0 Å². The molecule has 7 heteroatoms. The Hall–Kier alpha value is -3.19. The molecule has 0 fully saturated rings. The van der Waals surface area contributed by atoms with Crippen molar-refractivity contribution in [1.29, 1.82) is 0 Å². The molecular formula is C26H27NO5S. The first-order valence-electron chi connectivity index (χ1n) is 10.9. The molecule has 3 atom stereocenters. The maximum absolute atomic E-state index is 14.0. The van der Waals surface area contributed by atoms with Crippen LogP contribution in [0.15, 0.2) is 64.3 Å². The van der Waals surface area contributed by atoms with Crippen LogP contribution in [0.3, 0.4) is 0 Å². The number of esters is 2. The number of benzene rings is 1. The molecule has 0 unspecified atom stereocenters. The number of hydrogen-bond acceptors (Lipinski definition) is 7. The minimum absolute atomic E-state index is 0.313. The van der Waals surface area contributed by atoms with E-state index < -0.39 is 23.8 Å². The van der Waals surface area contributed by atoms with Gasteiger partial charge in [0.1, 0.15) is 5.92 Å². The van der Waals surface area contributed by atoms with E-state index >= 15 is 0 Å². The molecule has 0 amide bonds. The van der Waals surface area contributed by atoms with Gasteiger partial charge in [0.25, 0.3) is 0 Å². The van der Waals surface area contributed by atoms with E-state index in [1.54, 1.807) is 0 Å². The van der Waals surface area contributed by atoms with Gasteiger partial charge in [0.15, 0.2) is 5.78 Å². The normalized spacial score (nSPS) is 22.5. The summed E-state index contributed by atoms with van der Waals surface area (Å²) in [6.07, 6.45) is 1.35. The Kier molecular flexibility index (Phi) is 6.51. The number of nitrogens with one attached hydrogen (secondary N) is 1. The van der Waals surface area contributed by atoms with Crippen molar-refractivity contribution in [1.82, 2.24) is 5.32 Å². The highest BCUT2D eigenvalue weighted by Crippen LogP contribution is 2.48. The third kappa shape index (κ3) is 4.02. The van der Waals surface area contributed by atoms with Crippen molar-refractivity contribution >= 4 is 29.1 Å². The Morgan fingerprint density at radius 3 is 2.42 bits per heavy atom. The number of carbonyl (C=O) groups excluding carboxylic acids is 3.